The molecule has 2 saturated heterocycles. The fourth-order valence-electron chi connectivity index (χ4n) is 4.78. The van der Waals surface area contributed by atoms with Gasteiger partial charge >= 0.3 is 0 Å². The second-order valence-corrected chi connectivity index (χ2v) is 9.11. The van der Waals surface area contributed by atoms with Gasteiger partial charge in [-0.05, 0) is 74.7 Å². The normalized spacial score (nSPS) is 22.6. The Morgan fingerprint density at radius 2 is 1.91 bits per heavy atom. The van der Waals surface area contributed by atoms with E-state index in [1.165, 1.54) is 12.8 Å². The standard InChI is InChI=1S/C25H26ClN3O3/c1-29-19-9-10-20(29)13-22(12-19)31-21-4-2-3-16(11-21)15-27-25(30)23-14-24(32-28-23)17-5-7-18(26)8-6-17/h2-8,11,14,19-20,22H,9-10,12-13,15H2,1H3,(H,27,30)/t19-,20-/m0/s1. The van der Waals surface area contributed by atoms with Crippen molar-refractivity contribution in [3.05, 3.63) is 70.9 Å². The highest BCUT2D eigenvalue weighted by Gasteiger charge is 2.39. The Kier molecular flexibility index (Phi) is 5.89. The number of benzene rings is 2. The van der Waals surface area contributed by atoms with Gasteiger partial charge in [0.25, 0.3) is 5.91 Å². The van der Waals surface area contributed by atoms with E-state index in [2.05, 4.69) is 22.4 Å². The zero-order chi connectivity index (χ0) is 22.1. The van der Waals surface area contributed by atoms with Crippen LogP contribution in [-0.2, 0) is 6.54 Å². The van der Waals surface area contributed by atoms with Crippen molar-refractivity contribution in [2.45, 2.75) is 50.4 Å². The molecule has 7 heteroatoms. The van der Waals surface area contributed by atoms with E-state index < -0.39 is 0 Å². The minimum atomic E-state index is -0.285. The molecule has 3 aromatic rings. The highest BCUT2D eigenvalue weighted by atomic mass is 35.5. The SMILES string of the molecule is CN1[C@H]2CC[C@H]1CC(Oc1cccc(CNC(=O)c3cc(-c4ccc(Cl)cc4)on3)c1)C2. The number of hydrogen-bond donors (Lipinski definition) is 1. The van der Waals surface area contributed by atoms with E-state index in [0.717, 1.165) is 29.7 Å². The van der Waals surface area contributed by atoms with Crippen molar-refractivity contribution in [1.29, 1.82) is 0 Å². The van der Waals surface area contributed by atoms with E-state index in [1.807, 2.05) is 36.4 Å². The van der Waals surface area contributed by atoms with Crippen molar-refractivity contribution in [2.24, 2.45) is 0 Å². The highest BCUT2D eigenvalue weighted by Crippen LogP contribution is 2.36. The lowest BCUT2D eigenvalue weighted by molar-refractivity contribution is 0.0661. The van der Waals surface area contributed by atoms with E-state index in [1.54, 1.807) is 18.2 Å². The van der Waals surface area contributed by atoms with Gasteiger partial charge in [0.1, 0.15) is 11.9 Å². The maximum absolute atomic E-state index is 12.5. The van der Waals surface area contributed by atoms with Crippen LogP contribution in [0.25, 0.3) is 11.3 Å². The summed E-state index contributed by atoms with van der Waals surface area (Å²) in [6.07, 6.45) is 4.96. The van der Waals surface area contributed by atoms with Gasteiger partial charge in [-0.2, -0.15) is 0 Å². The van der Waals surface area contributed by atoms with E-state index in [9.17, 15) is 4.79 Å². The number of nitrogens with one attached hydrogen (secondary N) is 1. The number of hydrogen-bond acceptors (Lipinski definition) is 5. The Bertz CT molecular complexity index is 1080. The molecule has 0 unspecified atom stereocenters. The number of amides is 1. The Hall–Kier alpha value is -2.83. The fraction of sp³-hybridized carbons (Fsp3) is 0.360. The second-order valence-electron chi connectivity index (χ2n) is 8.68. The predicted octanol–water partition coefficient (Wildman–Crippen LogP) is 4.93. The van der Waals surface area contributed by atoms with Crippen molar-refractivity contribution >= 4 is 17.5 Å². The molecule has 0 saturated carbocycles. The molecule has 2 fully saturated rings. The average Bonchev–Trinajstić information content (AvgIpc) is 3.35. The summed E-state index contributed by atoms with van der Waals surface area (Å²) in [6.45, 7) is 0.387. The van der Waals surface area contributed by atoms with Crippen molar-refractivity contribution in [3.63, 3.8) is 0 Å². The number of aromatic nitrogens is 1. The van der Waals surface area contributed by atoms with Crippen molar-refractivity contribution in [2.75, 3.05) is 7.05 Å². The van der Waals surface area contributed by atoms with E-state index in [4.69, 9.17) is 20.9 Å². The lowest BCUT2D eigenvalue weighted by atomic mass is 10.0. The first-order valence-corrected chi connectivity index (χ1v) is 11.4. The molecule has 2 bridgehead atoms. The quantitative estimate of drug-likeness (QED) is 0.575. The molecule has 2 atom stereocenters. The minimum Gasteiger partial charge on any atom is -0.490 e. The van der Waals surface area contributed by atoms with Gasteiger partial charge in [-0.15, -0.1) is 0 Å². The van der Waals surface area contributed by atoms with Crippen molar-refractivity contribution in [3.8, 4) is 17.1 Å². The Balaban J connectivity index is 1.18. The molecule has 1 amide bonds. The van der Waals surface area contributed by atoms with Crippen LogP contribution >= 0.6 is 11.6 Å². The van der Waals surface area contributed by atoms with Crippen LogP contribution in [0.3, 0.4) is 0 Å². The molecule has 166 valence electrons. The third kappa shape index (κ3) is 4.52. The topological polar surface area (TPSA) is 67.6 Å². The third-order valence-corrected chi connectivity index (χ3v) is 6.83. The molecule has 5 rings (SSSR count). The lowest BCUT2D eigenvalue weighted by Crippen LogP contribution is -2.43. The Morgan fingerprint density at radius 3 is 2.66 bits per heavy atom. The maximum Gasteiger partial charge on any atom is 0.273 e. The Labute approximate surface area is 192 Å². The van der Waals surface area contributed by atoms with Gasteiger partial charge in [0.05, 0.1) is 0 Å². The van der Waals surface area contributed by atoms with Gasteiger partial charge in [0.15, 0.2) is 11.5 Å². The van der Waals surface area contributed by atoms with E-state index in [-0.39, 0.29) is 17.7 Å². The van der Waals surface area contributed by atoms with Gasteiger partial charge < -0.3 is 19.5 Å². The summed E-state index contributed by atoms with van der Waals surface area (Å²) in [6, 6.07) is 18.0. The number of nitrogens with zero attached hydrogens (tertiary/aromatic N) is 2. The zero-order valence-electron chi connectivity index (χ0n) is 18.0. The molecule has 1 N–H and O–H groups in total. The van der Waals surface area contributed by atoms with Gasteiger partial charge in [-0.25, -0.2) is 0 Å². The van der Waals surface area contributed by atoms with Crippen LogP contribution in [0, 0.1) is 0 Å². The smallest absolute Gasteiger partial charge is 0.273 e. The summed E-state index contributed by atoms with van der Waals surface area (Å²) in [5.41, 5.74) is 2.03. The summed E-state index contributed by atoms with van der Waals surface area (Å²) in [5.74, 6) is 1.10. The van der Waals surface area contributed by atoms with Crippen LogP contribution in [-0.4, -0.2) is 41.2 Å². The molecule has 2 aliphatic heterocycles. The largest absolute Gasteiger partial charge is 0.490 e. The van der Waals surface area contributed by atoms with Gasteiger partial charge in [-0.1, -0.05) is 28.9 Å². The van der Waals surface area contributed by atoms with Crippen LogP contribution in [0.1, 0.15) is 41.7 Å². The first-order valence-electron chi connectivity index (χ1n) is 11.0. The minimum absolute atomic E-state index is 0.240. The zero-order valence-corrected chi connectivity index (χ0v) is 18.7. The van der Waals surface area contributed by atoms with Crippen LogP contribution in [0.2, 0.25) is 5.02 Å². The van der Waals surface area contributed by atoms with Crippen LogP contribution in [0.5, 0.6) is 5.75 Å². The molecule has 3 heterocycles. The predicted molar refractivity (Wildman–Crippen MR) is 123 cm³/mol. The summed E-state index contributed by atoms with van der Waals surface area (Å²) < 4.78 is 11.6. The summed E-state index contributed by atoms with van der Waals surface area (Å²) >= 11 is 5.92. The summed E-state index contributed by atoms with van der Waals surface area (Å²) in [5, 5.41) is 7.44. The molecule has 2 aromatic carbocycles. The first kappa shape index (κ1) is 21.0. The average molecular weight is 452 g/mol. The van der Waals surface area contributed by atoms with Crippen LogP contribution < -0.4 is 10.1 Å². The number of piperidine rings is 1. The number of fused-ring (bicyclic) bond motifs is 2. The second kappa shape index (κ2) is 8.96. The molecule has 6 nitrogen and oxygen atoms in total. The summed E-state index contributed by atoms with van der Waals surface area (Å²) in [7, 11) is 2.23. The van der Waals surface area contributed by atoms with Gasteiger partial charge in [0.2, 0.25) is 0 Å². The number of carbonyl (C=O) groups is 1. The first-order chi connectivity index (χ1) is 15.5. The molecule has 1 aromatic heterocycles. The van der Waals surface area contributed by atoms with Crippen LogP contribution in [0.15, 0.2) is 59.1 Å². The van der Waals surface area contributed by atoms with E-state index in [0.29, 0.717) is 29.4 Å². The number of carbonyl (C=O) groups excluding carboxylic acids is 1. The lowest BCUT2D eigenvalue weighted by Gasteiger charge is -2.36. The van der Waals surface area contributed by atoms with Crippen molar-refractivity contribution < 1.29 is 14.1 Å². The molecule has 0 spiro atoms. The van der Waals surface area contributed by atoms with Crippen LogP contribution in [0.4, 0.5) is 0 Å². The Morgan fingerprint density at radius 1 is 1.16 bits per heavy atom. The molecular formula is C25H26ClN3O3. The fourth-order valence-corrected chi connectivity index (χ4v) is 4.91. The highest BCUT2D eigenvalue weighted by molar-refractivity contribution is 6.30. The maximum atomic E-state index is 12.5. The van der Waals surface area contributed by atoms with Gasteiger partial charge in [0, 0.05) is 35.3 Å². The third-order valence-electron chi connectivity index (χ3n) is 6.58. The molecule has 32 heavy (non-hydrogen) atoms. The monoisotopic (exact) mass is 451 g/mol. The van der Waals surface area contributed by atoms with E-state index >= 15 is 0 Å². The van der Waals surface area contributed by atoms with Gasteiger partial charge in [-0.3, -0.25) is 4.79 Å². The molecule has 0 aliphatic carbocycles. The number of ether oxygens (including phenoxy) is 1. The molecule has 0 radical (unpaired) electrons. The molecular weight excluding hydrogens is 426 g/mol. The molecule has 2 aliphatic rings. The summed E-state index contributed by atoms with van der Waals surface area (Å²) in [4.78, 5) is 15.0. The number of halogens is 1. The number of rotatable bonds is 6. The van der Waals surface area contributed by atoms with Crippen molar-refractivity contribution in [1.82, 2.24) is 15.4 Å².